The van der Waals surface area contributed by atoms with Crippen molar-refractivity contribution in [3.8, 4) is 0 Å². The maximum Gasteiger partial charge on any atom is 0.246 e. The fourth-order valence-corrected chi connectivity index (χ4v) is 4.32. The minimum Gasteiger partial charge on any atom is -0.296 e. The largest absolute Gasteiger partial charge is 0.296 e. The highest BCUT2D eigenvalue weighted by molar-refractivity contribution is 7.89. The number of hydrogen-bond acceptors (Lipinski definition) is 3. The van der Waals surface area contributed by atoms with Gasteiger partial charge in [0.25, 0.3) is 0 Å². The van der Waals surface area contributed by atoms with Crippen LogP contribution in [0.15, 0.2) is 41.3 Å². The van der Waals surface area contributed by atoms with E-state index >= 15 is 0 Å². The molecule has 0 saturated carbocycles. The summed E-state index contributed by atoms with van der Waals surface area (Å²) in [4.78, 5) is 1.20. The van der Waals surface area contributed by atoms with Crippen molar-refractivity contribution in [2.45, 2.75) is 11.4 Å². The van der Waals surface area contributed by atoms with Gasteiger partial charge in [-0.25, -0.2) is 26.0 Å². The summed E-state index contributed by atoms with van der Waals surface area (Å²) < 4.78 is 79.9. The van der Waals surface area contributed by atoms with E-state index in [9.17, 15) is 26.0 Å². The van der Waals surface area contributed by atoms with Gasteiger partial charge in [0.05, 0.1) is 0 Å². The van der Waals surface area contributed by atoms with Crippen molar-refractivity contribution in [2.24, 2.45) is 0 Å². The molecular formula is C17H16F4N2O2S. The van der Waals surface area contributed by atoms with E-state index in [0.717, 1.165) is 34.6 Å². The number of piperazine rings is 1. The molecule has 2 aromatic carbocycles. The van der Waals surface area contributed by atoms with E-state index in [2.05, 4.69) is 0 Å². The zero-order valence-electron chi connectivity index (χ0n) is 13.6. The van der Waals surface area contributed by atoms with Gasteiger partial charge in [0.1, 0.15) is 28.2 Å². The predicted molar refractivity (Wildman–Crippen MR) is 86.8 cm³/mol. The van der Waals surface area contributed by atoms with E-state index in [4.69, 9.17) is 0 Å². The highest BCUT2D eigenvalue weighted by Gasteiger charge is 2.31. The van der Waals surface area contributed by atoms with Crippen molar-refractivity contribution in [1.82, 2.24) is 9.21 Å². The number of sulfonamides is 1. The molecule has 0 aromatic heterocycles. The maximum atomic E-state index is 13.8. The molecule has 0 atom stereocenters. The molecule has 3 rings (SSSR count). The molecule has 0 spiro atoms. The average molecular weight is 388 g/mol. The van der Waals surface area contributed by atoms with Gasteiger partial charge in [0.2, 0.25) is 10.0 Å². The number of rotatable bonds is 4. The quantitative estimate of drug-likeness (QED) is 0.757. The van der Waals surface area contributed by atoms with Crippen LogP contribution >= 0.6 is 0 Å². The van der Waals surface area contributed by atoms with Crippen LogP contribution < -0.4 is 0 Å². The maximum absolute atomic E-state index is 13.8. The third-order valence-corrected chi connectivity index (χ3v) is 6.18. The Balaban J connectivity index is 1.69. The van der Waals surface area contributed by atoms with Gasteiger partial charge < -0.3 is 0 Å². The molecule has 1 saturated heterocycles. The van der Waals surface area contributed by atoms with Crippen LogP contribution in [0.5, 0.6) is 0 Å². The molecule has 0 N–H and O–H groups in total. The summed E-state index contributed by atoms with van der Waals surface area (Å²) in [5.41, 5.74) is 0.186. The first-order valence-electron chi connectivity index (χ1n) is 7.89. The zero-order chi connectivity index (χ0) is 18.9. The lowest BCUT2D eigenvalue weighted by atomic mass is 10.2. The van der Waals surface area contributed by atoms with Crippen molar-refractivity contribution in [1.29, 1.82) is 0 Å². The topological polar surface area (TPSA) is 40.6 Å². The monoisotopic (exact) mass is 388 g/mol. The first kappa shape index (κ1) is 18.8. The van der Waals surface area contributed by atoms with Crippen molar-refractivity contribution < 1.29 is 26.0 Å². The molecule has 9 heteroatoms. The van der Waals surface area contributed by atoms with E-state index in [0.29, 0.717) is 6.07 Å². The Bertz CT molecular complexity index is 913. The Morgan fingerprint density at radius 3 is 2.08 bits per heavy atom. The molecule has 2 aromatic rings. The summed E-state index contributed by atoms with van der Waals surface area (Å²) in [6.45, 7) is 0.824. The molecule has 140 valence electrons. The van der Waals surface area contributed by atoms with Gasteiger partial charge in [-0.3, -0.25) is 4.90 Å². The highest BCUT2D eigenvalue weighted by atomic mass is 32.2. The van der Waals surface area contributed by atoms with E-state index in [1.807, 2.05) is 0 Å². The highest BCUT2D eigenvalue weighted by Crippen LogP contribution is 2.22. The number of hydrogen-bond donors (Lipinski definition) is 0. The second-order valence-electron chi connectivity index (χ2n) is 5.99. The van der Waals surface area contributed by atoms with Crippen LogP contribution in [0.4, 0.5) is 17.6 Å². The van der Waals surface area contributed by atoms with Crippen molar-refractivity contribution >= 4 is 10.0 Å². The van der Waals surface area contributed by atoms with Crippen LogP contribution in [-0.2, 0) is 16.6 Å². The Kier molecular flexibility index (Phi) is 5.31. The second-order valence-corrected chi connectivity index (χ2v) is 7.90. The molecule has 0 bridgehead atoms. The Labute approximate surface area is 148 Å². The minimum absolute atomic E-state index is 0.0656. The first-order chi connectivity index (χ1) is 12.3. The van der Waals surface area contributed by atoms with Gasteiger partial charge in [-0.2, -0.15) is 4.31 Å². The third kappa shape index (κ3) is 3.89. The summed E-state index contributed by atoms with van der Waals surface area (Å²) in [6.07, 6.45) is 0. The van der Waals surface area contributed by atoms with Crippen LogP contribution in [0.25, 0.3) is 0 Å². The SMILES string of the molecule is O=S(=O)(c1ccc(F)cc1F)N1CCN(Cc2cc(F)ccc2F)CC1. The fraction of sp³-hybridized carbons (Fsp3) is 0.294. The standard InChI is InChI=1S/C17H16F4N2O2S/c18-13-1-3-15(20)12(9-13)11-22-5-7-23(8-6-22)26(24,25)17-4-2-14(19)10-16(17)21/h1-4,9-10H,5-8,11H2. The van der Waals surface area contributed by atoms with Crippen LogP contribution in [-0.4, -0.2) is 43.8 Å². The van der Waals surface area contributed by atoms with Gasteiger partial charge in [-0.05, 0) is 30.3 Å². The molecule has 0 unspecified atom stereocenters. The summed E-state index contributed by atoms with van der Waals surface area (Å²) in [5.74, 6) is -3.08. The lowest BCUT2D eigenvalue weighted by molar-refractivity contribution is 0.179. The van der Waals surface area contributed by atoms with Gasteiger partial charge in [-0.1, -0.05) is 0 Å². The third-order valence-electron chi connectivity index (χ3n) is 4.24. The number of benzene rings is 2. The summed E-state index contributed by atoms with van der Waals surface area (Å²) >= 11 is 0. The molecule has 0 radical (unpaired) electrons. The van der Waals surface area contributed by atoms with Crippen molar-refractivity contribution in [3.63, 3.8) is 0 Å². The van der Waals surface area contributed by atoms with E-state index in [-0.39, 0.29) is 38.3 Å². The normalized spacial score (nSPS) is 16.8. The predicted octanol–water partition coefficient (Wildman–Crippen LogP) is 2.75. The molecule has 0 amide bonds. The van der Waals surface area contributed by atoms with Crippen LogP contribution in [0.1, 0.15) is 5.56 Å². The number of halogens is 4. The van der Waals surface area contributed by atoms with Gasteiger partial charge in [0, 0.05) is 44.4 Å². The Morgan fingerprint density at radius 2 is 1.42 bits per heavy atom. The Morgan fingerprint density at radius 1 is 0.808 bits per heavy atom. The molecular weight excluding hydrogens is 372 g/mol. The first-order valence-corrected chi connectivity index (χ1v) is 9.33. The molecule has 1 fully saturated rings. The molecule has 26 heavy (non-hydrogen) atoms. The molecule has 0 aliphatic carbocycles. The van der Waals surface area contributed by atoms with Gasteiger partial charge in [-0.15, -0.1) is 0 Å². The Hall–Kier alpha value is -1.97. The van der Waals surface area contributed by atoms with Gasteiger partial charge >= 0.3 is 0 Å². The molecule has 1 aliphatic rings. The van der Waals surface area contributed by atoms with E-state index in [1.165, 1.54) is 0 Å². The lowest BCUT2D eigenvalue weighted by Gasteiger charge is -2.34. The smallest absolute Gasteiger partial charge is 0.246 e. The van der Waals surface area contributed by atoms with Crippen molar-refractivity contribution in [2.75, 3.05) is 26.2 Å². The van der Waals surface area contributed by atoms with Gasteiger partial charge in [0.15, 0.2) is 0 Å². The van der Waals surface area contributed by atoms with Crippen LogP contribution in [0.2, 0.25) is 0 Å². The molecule has 1 heterocycles. The summed E-state index contributed by atoms with van der Waals surface area (Å²) in [5, 5.41) is 0. The lowest BCUT2D eigenvalue weighted by Crippen LogP contribution is -2.48. The van der Waals surface area contributed by atoms with E-state index < -0.39 is 38.2 Å². The fourth-order valence-electron chi connectivity index (χ4n) is 2.86. The van der Waals surface area contributed by atoms with E-state index in [1.54, 1.807) is 4.90 Å². The van der Waals surface area contributed by atoms with Crippen LogP contribution in [0.3, 0.4) is 0 Å². The zero-order valence-corrected chi connectivity index (χ0v) is 14.4. The van der Waals surface area contributed by atoms with Crippen molar-refractivity contribution in [3.05, 3.63) is 65.2 Å². The molecule has 4 nitrogen and oxygen atoms in total. The second kappa shape index (κ2) is 7.34. The summed E-state index contributed by atoms with van der Waals surface area (Å²) in [7, 11) is -4.09. The molecule has 1 aliphatic heterocycles. The minimum atomic E-state index is -4.09. The van der Waals surface area contributed by atoms with Crippen LogP contribution in [0, 0.1) is 23.3 Å². The summed E-state index contributed by atoms with van der Waals surface area (Å²) in [6, 6.07) is 5.49. The number of nitrogens with zero attached hydrogens (tertiary/aromatic N) is 2. The average Bonchev–Trinajstić information content (AvgIpc) is 2.58.